The molecule has 0 unspecified atom stereocenters. The molecule has 4 nitrogen and oxygen atoms in total. The van der Waals surface area contributed by atoms with Crippen LogP contribution in [0, 0.1) is 0 Å². The number of aliphatic hydroxyl groups excluding tert-OH is 1. The van der Waals surface area contributed by atoms with Gasteiger partial charge < -0.3 is 14.0 Å². The van der Waals surface area contributed by atoms with Gasteiger partial charge in [0, 0.05) is 5.57 Å². The molecule has 2 atom stereocenters. The van der Waals surface area contributed by atoms with E-state index < -0.39 is 28.8 Å². The van der Waals surface area contributed by atoms with Gasteiger partial charge in [0.15, 0.2) is 14.1 Å². The highest BCUT2D eigenvalue weighted by Gasteiger charge is 2.46. The Kier molecular flexibility index (Phi) is 6.07. The lowest BCUT2D eigenvalue weighted by molar-refractivity contribution is -0.116. The normalized spacial score (nSPS) is 23.6. The van der Waals surface area contributed by atoms with Gasteiger partial charge in [0.1, 0.15) is 12.2 Å². The Morgan fingerprint density at radius 3 is 1.84 bits per heavy atom. The Labute approximate surface area is 155 Å². The molecule has 0 radical (unpaired) electrons. The predicted octanol–water partition coefficient (Wildman–Crippen LogP) is 4.78. The molecule has 1 rings (SSSR count). The number of Topliss-reactive ketones (excluding diaryl/α,β-unsaturated/α-hetero) is 1. The third kappa shape index (κ3) is 4.73. The summed E-state index contributed by atoms with van der Waals surface area (Å²) in [6.07, 6.45) is -0.103. The number of ketones is 1. The number of rotatable bonds is 4. The van der Waals surface area contributed by atoms with Crippen LogP contribution in [0.15, 0.2) is 24.0 Å². The SMILES string of the molecule is C=C1C(=O)C(O[Si](C)(C)C(C)(C)C)=C[C@H](O)[C@H]1O[Si](C)(C)C(C)(C)C. The minimum absolute atomic E-state index is 0.0162. The quantitative estimate of drug-likeness (QED) is 0.559. The molecule has 0 bridgehead atoms. The zero-order valence-corrected chi connectivity index (χ0v) is 19.6. The molecule has 0 aliphatic heterocycles. The van der Waals surface area contributed by atoms with Gasteiger partial charge in [-0.1, -0.05) is 48.1 Å². The van der Waals surface area contributed by atoms with Crippen molar-refractivity contribution in [1.29, 1.82) is 0 Å². The second kappa shape index (κ2) is 6.80. The van der Waals surface area contributed by atoms with Crippen LogP contribution in [0.1, 0.15) is 41.5 Å². The van der Waals surface area contributed by atoms with Gasteiger partial charge in [-0.15, -0.1) is 0 Å². The third-order valence-corrected chi connectivity index (χ3v) is 14.7. The van der Waals surface area contributed by atoms with E-state index in [0.29, 0.717) is 0 Å². The molecule has 0 saturated heterocycles. The fourth-order valence-corrected chi connectivity index (χ4v) is 4.24. The first kappa shape index (κ1) is 22.3. The maximum atomic E-state index is 12.8. The molecular weight excluding hydrogens is 348 g/mol. The minimum atomic E-state index is -2.17. The van der Waals surface area contributed by atoms with E-state index in [0.717, 1.165) is 0 Å². The van der Waals surface area contributed by atoms with E-state index in [1.54, 1.807) is 0 Å². The summed E-state index contributed by atoms with van der Waals surface area (Å²) >= 11 is 0. The predicted molar refractivity (Wildman–Crippen MR) is 109 cm³/mol. The molecule has 144 valence electrons. The fourth-order valence-electron chi connectivity index (χ4n) is 1.96. The molecule has 1 N–H and O–H groups in total. The van der Waals surface area contributed by atoms with Crippen LogP contribution < -0.4 is 0 Å². The zero-order chi connectivity index (χ0) is 20.0. The maximum Gasteiger partial charge on any atom is 0.250 e. The minimum Gasteiger partial charge on any atom is -0.541 e. The van der Waals surface area contributed by atoms with Gasteiger partial charge in [0.25, 0.3) is 8.32 Å². The van der Waals surface area contributed by atoms with Crippen LogP contribution in [0.2, 0.25) is 36.3 Å². The van der Waals surface area contributed by atoms with E-state index in [4.69, 9.17) is 8.85 Å². The van der Waals surface area contributed by atoms with Crippen LogP contribution in [-0.4, -0.2) is 39.7 Å². The van der Waals surface area contributed by atoms with Gasteiger partial charge in [-0.2, -0.15) is 0 Å². The molecule has 0 aromatic heterocycles. The van der Waals surface area contributed by atoms with E-state index in [9.17, 15) is 9.90 Å². The molecule has 0 amide bonds. The Hall–Kier alpha value is -0.696. The summed E-state index contributed by atoms with van der Waals surface area (Å²) in [4.78, 5) is 12.8. The number of carbonyl (C=O) groups is 1. The summed E-state index contributed by atoms with van der Waals surface area (Å²) in [5, 5.41) is 10.6. The van der Waals surface area contributed by atoms with E-state index in [1.807, 2.05) is 0 Å². The second-order valence-corrected chi connectivity index (χ2v) is 19.5. The lowest BCUT2D eigenvalue weighted by Crippen LogP contribution is -2.50. The first-order valence-electron chi connectivity index (χ1n) is 8.91. The van der Waals surface area contributed by atoms with Crippen molar-refractivity contribution < 1.29 is 18.8 Å². The fraction of sp³-hybridized carbons (Fsp3) is 0.737. The first-order chi connectivity index (χ1) is 10.9. The molecule has 25 heavy (non-hydrogen) atoms. The smallest absolute Gasteiger partial charge is 0.250 e. The third-order valence-electron chi connectivity index (χ3n) is 5.89. The first-order valence-corrected chi connectivity index (χ1v) is 14.7. The second-order valence-electron chi connectivity index (χ2n) is 10.0. The Morgan fingerprint density at radius 2 is 1.44 bits per heavy atom. The maximum absolute atomic E-state index is 12.8. The molecule has 0 fully saturated rings. The molecular formula is C19H36O4Si2. The van der Waals surface area contributed by atoms with Crippen LogP contribution in [0.4, 0.5) is 0 Å². The van der Waals surface area contributed by atoms with Crippen molar-refractivity contribution in [1.82, 2.24) is 0 Å². The van der Waals surface area contributed by atoms with Crippen molar-refractivity contribution in [2.45, 2.75) is 90.0 Å². The van der Waals surface area contributed by atoms with Gasteiger partial charge in [-0.25, -0.2) is 0 Å². The molecule has 6 heteroatoms. The highest BCUT2D eigenvalue weighted by atomic mass is 28.4. The van der Waals surface area contributed by atoms with E-state index in [-0.39, 0.29) is 27.2 Å². The topological polar surface area (TPSA) is 55.8 Å². The van der Waals surface area contributed by atoms with E-state index in [2.05, 4.69) is 74.3 Å². The summed E-state index contributed by atoms with van der Waals surface area (Å²) in [6.45, 7) is 25.0. The zero-order valence-electron chi connectivity index (χ0n) is 17.6. The van der Waals surface area contributed by atoms with E-state index >= 15 is 0 Å². The van der Waals surface area contributed by atoms with Gasteiger partial charge >= 0.3 is 0 Å². The summed E-state index contributed by atoms with van der Waals surface area (Å²) in [7, 11) is -4.30. The van der Waals surface area contributed by atoms with Crippen LogP contribution in [0.25, 0.3) is 0 Å². The molecule has 0 heterocycles. The van der Waals surface area contributed by atoms with Gasteiger partial charge in [0.2, 0.25) is 5.78 Å². The average Bonchev–Trinajstić information content (AvgIpc) is 2.38. The van der Waals surface area contributed by atoms with Crippen molar-refractivity contribution in [3.63, 3.8) is 0 Å². The van der Waals surface area contributed by atoms with Crippen molar-refractivity contribution in [2.24, 2.45) is 0 Å². The lowest BCUT2D eigenvalue weighted by atomic mass is 9.94. The van der Waals surface area contributed by atoms with Gasteiger partial charge in [-0.3, -0.25) is 4.79 Å². The van der Waals surface area contributed by atoms with Crippen molar-refractivity contribution in [3.8, 4) is 0 Å². The van der Waals surface area contributed by atoms with Crippen LogP contribution in [0.5, 0.6) is 0 Å². The number of carbonyl (C=O) groups excluding carboxylic acids is 1. The summed E-state index contributed by atoms with van der Waals surface area (Å²) < 4.78 is 12.4. The summed E-state index contributed by atoms with van der Waals surface area (Å²) in [5.41, 5.74) is 0.286. The molecule has 0 aromatic rings. The number of hydrogen-bond acceptors (Lipinski definition) is 4. The Balaban J connectivity index is 3.10. The lowest BCUT2D eigenvalue weighted by Gasteiger charge is -2.42. The van der Waals surface area contributed by atoms with Crippen molar-refractivity contribution >= 4 is 22.4 Å². The van der Waals surface area contributed by atoms with Gasteiger partial charge in [0.05, 0.1) is 0 Å². The monoisotopic (exact) mass is 384 g/mol. The highest BCUT2D eigenvalue weighted by molar-refractivity contribution is 6.75. The van der Waals surface area contributed by atoms with Gasteiger partial charge in [-0.05, 0) is 42.3 Å². The van der Waals surface area contributed by atoms with E-state index in [1.165, 1.54) is 6.08 Å². The molecule has 1 aliphatic carbocycles. The van der Waals surface area contributed by atoms with Crippen molar-refractivity contribution in [2.75, 3.05) is 0 Å². The Morgan fingerprint density at radius 1 is 1.00 bits per heavy atom. The Bertz CT molecular complexity index is 577. The molecule has 1 aliphatic rings. The van der Waals surface area contributed by atoms with Crippen molar-refractivity contribution in [3.05, 3.63) is 24.0 Å². The number of aliphatic hydroxyl groups is 1. The molecule has 0 spiro atoms. The van der Waals surface area contributed by atoms with Crippen LogP contribution in [0.3, 0.4) is 0 Å². The van der Waals surface area contributed by atoms with Crippen LogP contribution in [-0.2, 0) is 13.6 Å². The summed E-state index contributed by atoms with van der Waals surface area (Å²) in [5.74, 6) is -0.0296. The molecule has 0 saturated carbocycles. The summed E-state index contributed by atoms with van der Waals surface area (Å²) in [6, 6.07) is 0. The largest absolute Gasteiger partial charge is 0.541 e. The average molecular weight is 385 g/mol. The number of allylic oxidation sites excluding steroid dienone is 1. The van der Waals surface area contributed by atoms with Crippen LogP contribution >= 0.6 is 0 Å². The highest BCUT2D eigenvalue weighted by Crippen LogP contribution is 2.41. The standard InChI is InChI=1S/C19H36O4Si2/c1-13-16(21)15(22-24(8,9)18(2,3)4)12-14(20)17(13)23-25(10,11)19(5,6)7/h12,14,17,20H,1H2,2-11H3/t14-,17-/m0/s1. The molecule has 0 aromatic carbocycles. The number of hydrogen-bond donors (Lipinski definition) is 1.